The molecule has 51 heavy (non-hydrogen) atoms. The molecule has 0 aromatic carbocycles. The fourth-order valence-electron chi connectivity index (χ4n) is 5.85. The second-order valence-corrected chi connectivity index (χ2v) is 13.7. The molecule has 9 nitrogen and oxygen atoms in total. The third kappa shape index (κ3) is 25.7. The molecule has 6 atom stereocenters. The molecule has 0 spiro atoms. The molecule has 0 bridgehead atoms. The van der Waals surface area contributed by atoms with Gasteiger partial charge in [0.2, 0.25) is 0 Å². The van der Waals surface area contributed by atoms with Crippen molar-refractivity contribution in [2.24, 2.45) is 0 Å². The van der Waals surface area contributed by atoms with Crippen LogP contribution in [0.4, 0.5) is 0 Å². The smallest absolute Gasteiger partial charge is 0.306 e. The van der Waals surface area contributed by atoms with Gasteiger partial charge in [0.15, 0.2) is 6.29 Å². The summed E-state index contributed by atoms with van der Waals surface area (Å²) in [5, 5.41) is 40.0. The first kappa shape index (κ1) is 47.2. The molecule has 0 aromatic rings. The highest BCUT2D eigenvalue weighted by Gasteiger charge is 2.44. The maximum atomic E-state index is 12.7. The quantitative estimate of drug-likeness (QED) is 0.0301. The van der Waals surface area contributed by atoms with E-state index in [1.807, 2.05) is 0 Å². The predicted octanol–water partition coefficient (Wildman–Crippen LogP) is 8.19. The van der Waals surface area contributed by atoms with Gasteiger partial charge in [-0.15, -0.1) is 0 Å². The highest BCUT2D eigenvalue weighted by molar-refractivity contribution is 5.69. The van der Waals surface area contributed by atoms with E-state index in [-0.39, 0.29) is 19.2 Å². The van der Waals surface area contributed by atoms with Crippen molar-refractivity contribution in [3.63, 3.8) is 0 Å². The van der Waals surface area contributed by atoms with Gasteiger partial charge in [-0.05, 0) is 44.9 Å². The van der Waals surface area contributed by atoms with E-state index in [4.69, 9.17) is 18.9 Å². The van der Waals surface area contributed by atoms with Crippen LogP contribution in [-0.2, 0) is 23.7 Å². The summed E-state index contributed by atoms with van der Waals surface area (Å²) in [4.78, 5) is 12.7. The number of aliphatic hydroxyl groups excluding tert-OH is 4. The molecule has 0 aliphatic carbocycles. The zero-order chi connectivity index (χ0) is 37.2. The van der Waals surface area contributed by atoms with Crippen LogP contribution in [0.3, 0.4) is 0 Å². The first-order valence-corrected chi connectivity index (χ1v) is 20.2. The van der Waals surface area contributed by atoms with Gasteiger partial charge in [-0.3, -0.25) is 4.79 Å². The molecular weight excluding hydrogens is 648 g/mol. The molecule has 1 fully saturated rings. The number of rotatable bonds is 33. The average molecular weight is 723 g/mol. The van der Waals surface area contributed by atoms with E-state index in [0.717, 1.165) is 57.8 Å². The molecule has 0 aromatic heterocycles. The van der Waals surface area contributed by atoms with Crippen LogP contribution in [0.5, 0.6) is 0 Å². The molecule has 0 amide bonds. The largest absolute Gasteiger partial charge is 0.457 e. The molecule has 9 heteroatoms. The molecule has 4 N–H and O–H groups in total. The van der Waals surface area contributed by atoms with Crippen molar-refractivity contribution >= 4 is 5.97 Å². The van der Waals surface area contributed by atoms with Gasteiger partial charge in [0.05, 0.1) is 19.8 Å². The number of esters is 1. The SMILES string of the molecule is CC/C=C\C/C=C\C/C=C\C/C=C\CCCOCC(COC1OC(CO)C(O)C(O)C1O)OC(=O)CCCCCCCCCCCCCCCC. The predicted molar refractivity (Wildman–Crippen MR) is 205 cm³/mol. The number of allylic oxidation sites excluding steroid dienone is 8. The summed E-state index contributed by atoms with van der Waals surface area (Å²) in [5.74, 6) is -0.334. The maximum absolute atomic E-state index is 12.7. The monoisotopic (exact) mass is 723 g/mol. The molecular formula is C42H74O9. The van der Waals surface area contributed by atoms with Gasteiger partial charge in [0.25, 0.3) is 0 Å². The molecule has 0 radical (unpaired) electrons. The molecule has 0 saturated carbocycles. The molecule has 6 unspecified atom stereocenters. The summed E-state index contributed by atoms with van der Waals surface area (Å²) in [5.41, 5.74) is 0. The van der Waals surface area contributed by atoms with Crippen molar-refractivity contribution < 1.29 is 44.2 Å². The van der Waals surface area contributed by atoms with Crippen LogP contribution in [0.1, 0.15) is 149 Å². The van der Waals surface area contributed by atoms with Crippen LogP contribution in [0.25, 0.3) is 0 Å². The molecule has 296 valence electrons. The van der Waals surface area contributed by atoms with Crippen LogP contribution >= 0.6 is 0 Å². The Kier molecular flexibility index (Phi) is 31.4. The normalized spacial score (nSPS) is 21.9. The number of unbranched alkanes of at least 4 members (excludes halogenated alkanes) is 14. The second kappa shape index (κ2) is 34.0. The van der Waals surface area contributed by atoms with Crippen molar-refractivity contribution in [2.45, 2.75) is 185 Å². The van der Waals surface area contributed by atoms with Gasteiger partial charge in [-0.2, -0.15) is 0 Å². The fourth-order valence-corrected chi connectivity index (χ4v) is 5.85. The van der Waals surface area contributed by atoms with E-state index >= 15 is 0 Å². The Morgan fingerprint density at radius 2 is 1.18 bits per heavy atom. The Bertz CT molecular complexity index is 916. The van der Waals surface area contributed by atoms with Gasteiger partial charge in [0, 0.05) is 13.0 Å². The highest BCUT2D eigenvalue weighted by Crippen LogP contribution is 2.22. The number of hydrogen-bond acceptors (Lipinski definition) is 9. The molecule has 1 aliphatic rings. The summed E-state index contributed by atoms with van der Waals surface area (Å²) in [7, 11) is 0. The van der Waals surface area contributed by atoms with E-state index in [0.29, 0.717) is 13.0 Å². The van der Waals surface area contributed by atoms with Crippen LogP contribution in [0.15, 0.2) is 48.6 Å². The number of ether oxygens (including phenoxy) is 4. The van der Waals surface area contributed by atoms with E-state index in [1.165, 1.54) is 70.6 Å². The first-order chi connectivity index (χ1) is 24.9. The summed E-state index contributed by atoms with van der Waals surface area (Å²) in [6, 6.07) is 0. The van der Waals surface area contributed by atoms with Crippen LogP contribution in [-0.4, -0.2) is 89.6 Å². The Balaban J connectivity index is 2.35. The molecule has 1 rings (SSSR count). The second-order valence-electron chi connectivity index (χ2n) is 13.7. The number of hydrogen-bond donors (Lipinski definition) is 4. The third-order valence-electron chi connectivity index (χ3n) is 9.01. The lowest BCUT2D eigenvalue weighted by atomic mass is 9.99. The minimum atomic E-state index is -1.54. The zero-order valence-electron chi connectivity index (χ0n) is 32.1. The Morgan fingerprint density at radius 1 is 0.647 bits per heavy atom. The Morgan fingerprint density at radius 3 is 1.73 bits per heavy atom. The van der Waals surface area contributed by atoms with E-state index in [1.54, 1.807) is 0 Å². The minimum absolute atomic E-state index is 0.107. The standard InChI is InChI=1S/C42H74O9/c1-3-5-7-9-11-13-15-17-19-21-23-25-27-29-31-38(44)50-36(35-49-42-41(47)40(46)39(45)37(33-43)51-42)34-48-32-30-28-26-24-22-20-18-16-14-12-10-8-6-4-2/h6,8,12,14,18,20,24,26,36-37,39-43,45-47H,3-5,7,9-11,13,15-17,19,21-23,25,27-35H2,1-2H3/b8-6-,14-12-,20-18-,26-24-. The van der Waals surface area contributed by atoms with Crippen LogP contribution in [0, 0.1) is 0 Å². The van der Waals surface area contributed by atoms with Crippen molar-refractivity contribution in [2.75, 3.05) is 26.4 Å². The topological polar surface area (TPSA) is 135 Å². The van der Waals surface area contributed by atoms with Crippen molar-refractivity contribution in [1.82, 2.24) is 0 Å². The number of aliphatic hydroxyl groups is 4. The van der Waals surface area contributed by atoms with Gasteiger partial charge in [0.1, 0.15) is 30.5 Å². The van der Waals surface area contributed by atoms with Crippen molar-refractivity contribution in [1.29, 1.82) is 0 Å². The van der Waals surface area contributed by atoms with Gasteiger partial charge in [-0.1, -0.05) is 146 Å². The van der Waals surface area contributed by atoms with Gasteiger partial charge >= 0.3 is 5.97 Å². The van der Waals surface area contributed by atoms with E-state index in [9.17, 15) is 25.2 Å². The van der Waals surface area contributed by atoms with Crippen LogP contribution in [0.2, 0.25) is 0 Å². The lowest BCUT2D eigenvalue weighted by Crippen LogP contribution is -2.59. The number of carbonyl (C=O) groups is 1. The summed E-state index contributed by atoms with van der Waals surface area (Å²) in [6.45, 7) is 4.29. The van der Waals surface area contributed by atoms with Crippen molar-refractivity contribution in [3.05, 3.63) is 48.6 Å². The lowest BCUT2D eigenvalue weighted by Gasteiger charge is -2.39. The third-order valence-corrected chi connectivity index (χ3v) is 9.01. The first-order valence-electron chi connectivity index (χ1n) is 20.2. The van der Waals surface area contributed by atoms with Gasteiger partial charge < -0.3 is 39.4 Å². The summed E-state index contributed by atoms with van der Waals surface area (Å²) < 4.78 is 22.7. The highest BCUT2D eigenvalue weighted by atomic mass is 16.7. The number of carbonyl (C=O) groups excluding carboxylic acids is 1. The maximum Gasteiger partial charge on any atom is 0.306 e. The molecule has 1 aliphatic heterocycles. The Labute approximate surface area is 310 Å². The van der Waals surface area contributed by atoms with Crippen molar-refractivity contribution in [3.8, 4) is 0 Å². The average Bonchev–Trinajstić information content (AvgIpc) is 3.13. The van der Waals surface area contributed by atoms with E-state index < -0.39 is 43.4 Å². The minimum Gasteiger partial charge on any atom is -0.457 e. The van der Waals surface area contributed by atoms with Crippen LogP contribution < -0.4 is 0 Å². The summed E-state index contributed by atoms with van der Waals surface area (Å²) >= 11 is 0. The lowest BCUT2D eigenvalue weighted by molar-refractivity contribution is -0.305. The zero-order valence-corrected chi connectivity index (χ0v) is 32.1. The summed E-state index contributed by atoms with van der Waals surface area (Å²) in [6.07, 6.45) is 32.9. The molecule has 1 saturated heterocycles. The van der Waals surface area contributed by atoms with Gasteiger partial charge in [-0.25, -0.2) is 0 Å². The fraction of sp³-hybridized carbons (Fsp3) is 0.786. The van der Waals surface area contributed by atoms with E-state index in [2.05, 4.69) is 62.5 Å². The molecule has 1 heterocycles. The Hall–Kier alpha value is -1.85.